The third-order valence-electron chi connectivity index (χ3n) is 9.66. The summed E-state index contributed by atoms with van der Waals surface area (Å²) in [4.78, 5) is 18.0. The van der Waals surface area contributed by atoms with Crippen LogP contribution >= 0.6 is 0 Å². The van der Waals surface area contributed by atoms with Gasteiger partial charge < -0.3 is 20.5 Å². The lowest BCUT2D eigenvalue weighted by Crippen LogP contribution is -2.52. The molecule has 8 nitrogen and oxygen atoms in total. The van der Waals surface area contributed by atoms with Crippen LogP contribution in [0, 0.1) is 11.6 Å². The van der Waals surface area contributed by atoms with E-state index in [4.69, 9.17) is 15.5 Å². The number of ether oxygens (including phenoxy) is 1. The standard InChI is InChI=1S/C33H37F3N6O2/c1-3-22-25(35)7-6-19-12-21(43)13-23(26(19)22)28-27(36)29-24(15-38-28)30(41-10-4-8-32(2,37)17-41)40-31(39-29)44-18-33-9-5-11-42(33)16-20(34)14-33/h6-7,12-13,15,20,43H,3-5,8-11,14,16-18,37H2,1-2H3/t20-,32+,33+/m1/s1. The maximum atomic E-state index is 16.8. The van der Waals surface area contributed by atoms with Crippen LogP contribution in [0.25, 0.3) is 32.9 Å². The van der Waals surface area contributed by atoms with Crippen molar-refractivity contribution in [3.8, 4) is 23.0 Å². The number of benzene rings is 2. The van der Waals surface area contributed by atoms with Crippen molar-refractivity contribution in [3.63, 3.8) is 0 Å². The largest absolute Gasteiger partial charge is 0.508 e. The van der Waals surface area contributed by atoms with E-state index in [1.54, 1.807) is 6.07 Å². The highest BCUT2D eigenvalue weighted by molar-refractivity contribution is 6.01. The maximum Gasteiger partial charge on any atom is 0.319 e. The van der Waals surface area contributed by atoms with Crippen molar-refractivity contribution >= 4 is 27.5 Å². The smallest absolute Gasteiger partial charge is 0.319 e. The van der Waals surface area contributed by atoms with E-state index >= 15 is 4.39 Å². The molecule has 0 aliphatic carbocycles. The zero-order valence-corrected chi connectivity index (χ0v) is 25.0. The van der Waals surface area contributed by atoms with Gasteiger partial charge in [0.15, 0.2) is 5.82 Å². The Morgan fingerprint density at radius 3 is 2.75 bits per heavy atom. The average molecular weight is 607 g/mol. The number of rotatable bonds is 6. The lowest BCUT2D eigenvalue weighted by Gasteiger charge is -2.39. The van der Waals surface area contributed by atoms with Crippen molar-refractivity contribution in [2.24, 2.45) is 5.73 Å². The summed E-state index contributed by atoms with van der Waals surface area (Å²) >= 11 is 0. The molecule has 3 N–H and O–H groups in total. The Balaban J connectivity index is 1.38. The molecule has 11 heteroatoms. The first kappa shape index (κ1) is 29.0. The number of nitrogens with zero attached hydrogens (tertiary/aromatic N) is 5. The molecule has 0 saturated carbocycles. The third kappa shape index (κ3) is 4.90. The number of hydrogen-bond donors (Lipinski definition) is 2. The van der Waals surface area contributed by atoms with Crippen molar-refractivity contribution in [2.75, 3.05) is 37.7 Å². The van der Waals surface area contributed by atoms with Gasteiger partial charge in [-0.2, -0.15) is 9.97 Å². The first-order chi connectivity index (χ1) is 21.1. The van der Waals surface area contributed by atoms with E-state index < -0.39 is 28.9 Å². The Morgan fingerprint density at radius 2 is 1.95 bits per heavy atom. The van der Waals surface area contributed by atoms with E-state index in [1.807, 2.05) is 18.7 Å². The summed E-state index contributed by atoms with van der Waals surface area (Å²) in [6, 6.07) is 5.84. The van der Waals surface area contributed by atoms with Gasteiger partial charge in [0.25, 0.3) is 0 Å². The van der Waals surface area contributed by atoms with Crippen molar-refractivity contribution < 1.29 is 23.0 Å². The van der Waals surface area contributed by atoms with Gasteiger partial charge >= 0.3 is 6.01 Å². The van der Waals surface area contributed by atoms with Gasteiger partial charge in [0.05, 0.1) is 10.9 Å². The highest BCUT2D eigenvalue weighted by Crippen LogP contribution is 2.42. The third-order valence-corrected chi connectivity index (χ3v) is 9.66. The lowest BCUT2D eigenvalue weighted by molar-refractivity contribution is 0.107. The molecule has 5 heterocycles. The zero-order chi connectivity index (χ0) is 30.8. The van der Waals surface area contributed by atoms with Crippen LogP contribution in [0.5, 0.6) is 11.8 Å². The minimum absolute atomic E-state index is 0.000750. The van der Waals surface area contributed by atoms with Gasteiger partial charge in [0, 0.05) is 43.4 Å². The number of anilines is 1. The Hall–Kier alpha value is -3.70. The zero-order valence-electron chi connectivity index (χ0n) is 25.0. The summed E-state index contributed by atoms with van der Waals surface area (Å²) in [5.41, 5.74) is 6.26. The number of pyridine rings is 1. The predicted octanol–water partition coefficient (Wildman–Crippen LogP) is 5.66. The fourth-order valence-electron chi connectivity index (χ4n) is 7.64. The Morgan fingerprint density at radius 1 is 1.14 bits per heavy atom. The molecule has 4 aromatic rings. The van der Waals surface area contributed by atoms with Crippen LogP contribution in [-0.4, -0.2) is 75.0 Å². The van der Waals surface area contributed by atoms with Gasteiger partial charge in [0.1, 0.15) is 41.4 Å². The second-order valence-corrected chi connectivity index (χ2v) is 13.0. The first-order valence-electron chi connectivity index (χ1n) is 15.4. The number of piperidine rings is 1. The van der Waals surface area contributed by atoms with Crippen LogP contribution in [0.2, 0.25) is 0 Å². The van der Waals surface area contributed by atoms with Gasteiger partial charge in [-0.1, -0.05) is 13.0 Å². The molecule has 7 rings (SSSR count). The molecule has 3 fully saturated rings. The van der Waals surface area contributed by atoms with E-state index in [0.29, 0.717) is 60.0 Å². The van der Waals surface area contributed by atoms with Gasteiger partial charge in [0.2, 0.25) is 0 Å². The van der Waals surface area contributed by atoms with Crippen LogP contribution < -0.4 is 15.4 Å². The highest BCUT2D eigenvalue weighted by atomic mass is 19.1. The van der Waals surface area contributed by atoms with Gasteiger partial charge in [-0.05, 0) is 80.1 Å². The molecule has 3 aliphatic rings. The number of alkyl halides is 1. The molecule has 232 valence electrons. The topological polar surface area (TPSA) is 101 Å². The minimum Gasteiger partial charge on any atom is -0.508 e. The molecule has 0 amide bonds. The molecule has 44 heavy (non-hydrogen) atoms. The molecule has 0 unspecified atom stereocenters. The molecule has 0 bridgehead atoms. The monoisotopic (exact) mass is 606 g/mol. The number of phenolic OH excluding ortho intramolecular Hbond substituents is 1. The number of hydrogen-bond acceptors (Lipinski definition) is 8. The van der Waals surface area contributed by atoms with Crippen LogP contribution in [0.4, 0.5) is 19.0 Å². The maximum absolute atomic E-state index is 16.8. The number of halogens is 3. The summed E-state index contributed by atoms with van der Waals surface area (Å²) in [6.45, 7) is 6.37. The quantitative estimate of drug-likeness (QED) is 0.290. The van der Waals surface area contributed by atoms with Crippen molar-refractivity contribution in [1.82, 2.24) is 19.9 Å². The number of nitrogens with two attached hydrogens (primary N) is 1. The Kier molecular flexibility index (Phi) is 7.08. The van der Waals surface area contributed by atoms with Crippen molar-refractivity contribution in [2.45, 2.75) is 69.6 Å². The van der Waals surface area contributed by atoms with E-state index in [1.165, 1.54) is 24.4 Å². The number of aromatic nitrogens is 3. The summed E-state index contributed by atoms with van der Waals surface area (Å²) in [5, 5.41) is 12.0. The SMILES string of the molecule is CCc1c(F)ccc2cc(O)cc(-c3ncc4c(N5CCC[C@](C)(N)C5)nc(OC[C@@]56CCCN5C[C@H](F)C6)nc4c3F)c12. The second kappa shape index (κ2) is 10.7. The van der Waals surface area contributed by atoms with E-state index in [2.05, 4.69) is 14.9 Å². The number of fused-ring (bicyclic) bond motifs is 3. The number of phenols is 1. The summed E-state index contributed by atoms with van der Waals surface area (Å²) < 4.78 is 52.3. The molecule has 3 aliphatic heterocycles. The van der Waals surface area contributed by atoms with E-state index in [9.17, 15) is 13.9 Å². The second-order valence-electron chi connectivity index (χ2n) is 13.0. The van der Waals surface area contributed by atoms with Crippen LogP contribution in [0.1, 0.15) is 51.5 Å². The molecular formula is C33H37F3N6O2. The van der Waals surface area contributed by atoms with Crippen LogP contribution in [0.3, 0.4) is 0 Å². The molecular weight excluding hydrogens is 569 g/mol. The van der Waals surface area contributed by atoms with Crippen molar-refractivity contribution in [3.05, 3.63) is 47.7 Å². The summed E-state index contributed by atoms with van der Waals surface area (Å²) in [6.07, 6.45) is 4.82. The van der Waals surface area contributed by atoms with Gasteiger partial charge in [-0.15, -0.1) is 0 Å². The lowest BCUT2D eigenvalue weighted by atomic mass is 9.92. The highest BCUT2D eigenvalue weighted by Gasteiger charge is 2.49. The fraction of sp³-hybridized carbons (Fsp3) is 0.485. The molecule has 2 aromatic carbocycles. The van der Waals surface area contributed by atoms with Crippen molar-refractivity contribution in [1.29, 1.82) is 0 Å². The molecule has 3 atom stereocenters. The first-order valence-corrected chi connectivity index (χ1v) is 15.4. The van der Waals surface area contributed by atoms with Crippen LogP contribution in [0.15, 0.2) is 30.5 Å². The van der Waals surface area contributed by atoms with Gasteiger partial charge in [-0.3, -0.25) is 9.88 Å². The number of aromatic hydroxyl groups is 1. The Bertz CT molecular complexity index is 1770. The minimum atomic E-state index is -0.913. The van der Waals surface area contributed by atoms with Gasteiger partial charge in [-0.25, -0.2) is 13.2 Å². The Labute approximate surface area is 254 Å². The predicted molar refractivity (Wildman–Crippen MR) is 164 cm³/mol. The molecule has 2 aromatic heterocycles. The molecule has 0 spiro atoms. The summed E-state index contributed by atoms with van der Waals surface area (Å²) in [5.74, 6) is -0.761. The van der Waals surface area contributed by atoms with E-state index in [-0.39, 0.29) is 35.1 Å². The fourth-order valence-corrected chi connectivity index (χ4v) is 7.64. The molecule has 3 saturated heterocycles. The normalized spacial score (nSPS) is 25.7. The number of aryl methyl sites for hydroxylation is 1. The summed E-state index contributed by atoms with van der Waals surface area (Å²) in [7, 11) is 0. The molecule has 0 radical (unpaired) electrons. The van der Waals surface area contributed by atoms with Crippen LogP contribution in [-0.2, 0) is 6.42 Å². The van der Waals surface area contributed by atoms with E-state index in [0.717, 1.165) is 32.2 Å². The average Bonchev–Trinajstić information content (AvgIpc) is 3.51.